The van der Waals surface area contributed by atoms with Gasteiger partial charge in [-0.2, -0.15) is 22.3 Å². The number of anilines is 1. The van der Waals surface area contributed by atoms with Crippen molar-refractivity contribution >= 4 is 21.7 Å². The lowest BCUT2D eigenvalue weighted by Crippen LogP contribution is -2.54. The van der Waals surface area contributed by atoms with Crippen LogP contribution >= 0.6 is 0 Å². The maximum Gasteiger partial charge on any atom is 0.282 e. The van der Waals surface area contributed by atoms with Gasteiger partial charge in [-0.1, -0.05) is 19.3 Å². The third kappa shape index (κ3) is 4.22. The van der Waals surface area contributed by atoms with E-state index in [1.165, 1.54) is 13.3 Å². The minimum atomic E-state index is -3.49. The summed E-state index contributed by atoms with van der Waals surface area (Å²) >= 11 is 0. The van der Waals surface area contributed by atoms with Crippen molar-refractivity contribution < 1.29 is 13.2 Å². The van der Waals surface area contributed by atoms with Crippen molar-refractivity contribution in [2.45, 2.75) is 45.1 Å². The van der Waals surface area contributed by atoms with Crippen molar-refractivity contribution in [3.8, 4) is 6.07 Å². The monoisotopic (exact) mass is 404 g/mol. The Morgan fingerprint density at radius 2 is 1.79 bits per heavy atom. The molecule has 7 nitrogen and oxygen atoms in total. The number of ketones is 1. The summed E-state index contributed by atoms with van der Waals surface area (Å²) < 4.78 is 29.2. The second kappa shape index (κ2) is 8.60. The number of carbonyl (C=O) groups excluding carboxylic acids is 1. The number of carbonyl (C=O) groups is 1. The SMILES string of the molecule is CC(=O)c1ccc(C#N)cc1N1CCN(S(=O)(=O)N(C)C2CCCCC2)CC1. The Balaban J connectivity index is 1.72. The molecule has 8 heteroatoms. The Labute approximate surface area is 167 Å². The smallest absolute Gasteiger partial charge is 0.282 e. The van der Waals surface area contributed by atoms with Crippen LogP contribution in [0.2, 0.25) is 0 Å². The summed E-state index contributed by atoms with van der Waals surface area (Å²) in [7, 11) is -1.79. The molecule has 1 aromatic rings. The Hall–Kier alpha value is -1.95. The molecule has 0 unspecified atom stereocenters. The Morgan fingerprint density at radius 3 is 2.36 bits per heavy atom. The van der Waals surface area contributed by atoms with Crippen LogP contribution in [0.15, 0.2) is 18.2 Å². The van der Waals surface area contributed by atoms with Crippen LogP contribution in [0.1, 0.15) is 54.9 Å². The van der Waals surface area contributed by atoms with Crippen LogP contribution in [0.25, 0.3) is 0 Å². The van der Waals surface area contributed by atoms with Crippen molar-refractivity contribution in [3.63, 3.8) is 0 Å². The van der Waals surface area contributed by atoms with Crippen LogP contribution < -0.4 is 4.90 Å². The summed E-state index contributed by atoms with van der Waals surface area (Å²) in [6.45, 7) is 3.23. The average molecular weight is 405 g/mol. The van der Waals surface area contributed by atoms with Crippen molar-refractivity contribution in [2.24, 2.45) is 0 Å². The number of Topliss-reactive ketones (excluding diaryl/α,β-unsaturated/α-hetero) is 1. The average Bonchev–Trinajstić information content (AvgIpc) is 2.73. The van der Waals surface area contributed by atoms with Gasteiger partial charge in [-0.3, -0.25) is 4.79 Å². The van der Waals surface area contributed by atoms with E-state index in [1.54, 1.807) is 33.9 Å². The van der Waals surface area contributed by atoms with Crippen molar-refractivity contribution in [1.29, 1.82) is 5.26 Å². The molecule has 2 aliphatic rings. The molecule has 1 aromatic carbocycles. The summed E-state index contributed by atoms with van der Waals surface area (Å²) in [5.74, 6) is -0.0634. The fraction of sp³-hybridized carbons (Fsp3) is 0.600. The van der Waals surface area contributed by atoms with E-state index >= 15 is 0 Å². The third-order valence-electron chi connectivity index (χ3n) is 5.86. The normalized spacial score (nSPS) is 19.6. The number of hydrogen-bond donors (Lipinski definition) is 0. The standard InChI is InChI=1S/C20H28N4O3S/c1-16(25)19-9-8-17(15-21)14-20(19)23-10-12-24(13-11-23)28(26,27)22(2)18-6-4-3-5-7-18/h8-9,14,18H,3-7,10-13H2,1-2H3. The van der Waals surface area contributed by atoms with Crippen LogP contribution in [-0.2, 0) is 10.2 Å². The molecular weight excluding hydrogens is 376 g/mol. The van der Waals surface area contributed by atoms with E-state index in [0.717, 1.165) is 25.7 Å². The Kier molecular flexibility index (Phi) is 6.38. The van der Waals surface area contributed by atoms with Gasteiger partial charge < -0.3 is 4.90 Å². The van der Waals surface area contributed by atoms with Gasteiger partial charge in [-0.25, -0.2) is 0 Å². The van der Waals surface area contributed by atoms with Crippen molar-refractivity contribution in [1.82, 2.24) is 8.61 Å². The first-order chi connectivity index (χ1) is 13.3. The highest BCUT2D eigenvalue weighted by Gasteiger charge is 2.35. The molecule has 3 rings (SSSR count). The van der Waals surface area contributed by atoms with E-state index in [9.17, 15) is 18.5 Å². The number of hydrogen-bond acceptors (Lipinski definition) is 5. The first-order valence-corrected chi connectivity index (χ1v) is 11.3. The molecule has 0 spiro atoms. The first-order valence-electron chi connectivity index (χ1n) is 9.87. The molecule has 1 saturated carbocycles. The zero-order valence-electron chi connectivity index (χ0n) is 16.6. The minimum absolute atomic E-state index is 0.0634. The van der Waals surface area contributed by atoms with Gasteiger partial charge in [-0.15, -0.1) is 0 Å². The Bertz CT molecular complexity index is 864. The molecule has 152 valence electrons. The van der Waals surface area contributed by atoms with E-state index in [1.807, 2.05) is 4.90 Å². The highest BCUT2D eigenvalue weighted by atomic mass is 32.2. The maximum absolute atomic E-state index is 13.0. The zero-order valence-corrected chi connectivity index (χ0v) is 17.4. The van der Waals surface area contributed by atoms with Gasteiger partial charge in [0, 0.05) is 50.5 Å². The quantitative estimate of drug-likeness (QED) is 0.704. The van der Waals surface area contributed by atoms with Crippen LogP contribution in [0.3, 0.4) is 0 Å². The maximum atomic E-state index is 13.0. The fourth-order valence-corrected chi connectivity index (χ4v) is 5.71. The second-order valence-electron chi connectivity index (χ2n) is 7.60. The molecule has 1 saturated heterocycles. The molecule has 0 radical (unpaired) electrons. The number of nitrogens with zero attached hydrogens (tertiary/aromatic N) is 4. The second-order valence-corrected chi connectivity index (χ2v) is 9.59. The highest BCUT2D eigenvalue weighted by Crippen LogP contribution is 2.27. The summed E-state index contributed by atoms with van der Waals surface area (Å²) in [6.07, 6.45) is 5.21. The van der Waals surface area contributed by atoms with Crippen LogP contribution in [0.5, 0.6) is 0 Å². The van der Waals surface area contributed by atoms with Gasteiger partial charge >= 0.3 is 0 Å². The number of benzene rings is 1. The summed E-state index contributed by atoms with van der Waals surface area (Å²) in [6, 6.07) is 7.23. The lowest BCUT2D eigenvalue weighted by atomic mass is 9.96. The summed E-state index contributed by atoms with van der Waals surface area (Å²) in [4.78, 5) is 14.0. The van der Waals surface area contributed by atoms with Gasteiger partial charge in [0.15, 0.2) is 5.78 Å². The third-order valence-corrected chi connectivity index (χ3v) is 7.91. The van der Waals surface area contributed by atoms with Gasteiger partial charge in [0.2, 0.25) is 0 Å². The number of nitriles is 1. The predicted octanol–water partition coefficient (Wildman–Crippen LogP) is 2.39. The minimum Gasteiger partial charge on any atom is -0.368 e. The van der Waals surface area contributed by atoms with Crippen molar-refractivity contribution in [3.05, 3.63) is 29.3 Å². The lowest BCUT2D eigenvalue weighted by molar-refractivity contribution is 0.101. The highest BCUT2D eigenvalue weighted by molar-refractivity contribution is 7.86. The van der Waals surface area contributed by atoms with Gasteiger partial charge in [0.05, 0.1) is 11.6 Å². The largest absolute Gasteiger partial charge is 0.368 e. The molecule has 0 aromatic heterocycles. The molecule has 2 fully saturated rings. The van der Waals surface area contributed by atoms with E-state index in [0.29, 0.717) is 43.0 Å². The van der Waals surface area contributed by atoms with Crippen molar-refractivity contribution in [2.75, 3.05) is 38.1 Å². The van der Waals surface area contributed by atoms with E-state index in [2.05, 4.69) is 6.07 Å². The molecule has 1 aliphatic heterocycles. The van der Waals surface area contributed by atoms with Gasteiger partial charge in [0.25, 0.3) is 10.2 Å². The van der Waals surface area contributed by atoms with Crippen LogP contribution in [0.4, 0.5) is 5.69 Å². The van der Waals surface area contributed by atoms with E-state index in [-0.39, 0.29) is 11.8 Å². The lowest BCUT2D eigenvalue weighted by Gasteiger charge is -2.39. The van der Waals surface area contributed by atoms with E-state index < -0.39 is 10.2 Å². The van der Waals surface area contributed by atoms with Gasteiger partial charge in [0.1, 0.15) is 0 Å². The first kappa shape index (κ1) is 20.8. The molecule has 1 aliphatic carbocycles. The summed E-state index contributed by atoms with van der Waals surface area (Å²) in [5, 5.41) is 9.18. The Morgan fingerprint density at radius 1 is 1.14 bits per heavy atom. The molecule has 28 heavy (non-hydrogen) atoms. The fourth-order valence-electron chi connectivity index (χ4n) is 4.14. The molecule has 1 heterocycles. The van der Waals surface area contributed by atoms with Crippen LogP contribution in [-0.4, -0.2) is 62.1 Å². The molecule has 0 N–H and O–H groups in total. The molecule has 0 bridgehead atoms. The number of rotatable bonds is 5. The predicted molar refractivity (Wildman–Crippen MR) is 109 cm³/mol. The van der Waals surface area contributed by atoms with E-state index in [4.69, 9.17) is 0 Å². The molecule has 0 atom stereocenters. The van der Waals surface area contributed by atoms with Crippen LogP contribution in [0, 0.1) is 11.3 Å². The molecule has 0 amide bonds. The number of piperazine rings is 1. The topological polar surface area (TPSA) is 84.7 Å². The van der Waals surface area contributed by atoms with Gasteiger partial charge in [-0.05, 0) is 38.0 Å². The summed E-state index contributed by atoms with van der Waals surface area (Å²) in [5.41, 5.74) is 1.77. The zero-order chi connectivity index (χ0) is 20.3. The molecular formula is C20H28N4O3S.